The molecule has 1 heterocycles. The Labute approximate surface area is 112 Å². The molecule has 1 aromatic carbocycles. The van der Waals surface area contributed by atoms with Gasteiger partial charge >= 0.3 is 12.1 Å². The molecule has 0 saturated carbocycles. The van der Waals surface area contributed by atoms with Crippen molar-refractivity contribution >= 4 is 12.1 Å². The van der Waals surface area contributed by atoms with Crippen molar-refractivity contribution in [3.63, 3.8) is 0 Å². The Balaban J connectivity index is 1.70. The van der Waals surface area contributed by atoms with E-state index in [1.54, 1.807) is 6.92 Å². The third-order valence-corrected chi connectivity index (χ3v) is 2.96. The zero-order chi connectivity index (χ0) is 13.7. The van der Waals surface area contributed by atoms with Gasteiger partial charge in [-0.25, -0.2) is 4.79 Å². The van der Waals surface area contributed by atoms with Gasteiger partial charge in [-0.3, -0.25) is 4.79 Å². The van der Waals surface area contributed by atoms with Crippen LogP contribution in [-0.4, -0.2) is 36.7 Å². The topological polar surface area (TPSA) is 55.8 Å². The summed E-state index contributed by atoms with van der Waals surface area (Å²) in [6.07, 6.45) is -0.385. The number of hydrogen-bond donors (Lipinski definition) is 0. The van der Waals surface area contributed by atoms with Gasteiger partial charge in [0.1, 0.15) is 6.61 Å². The average Bonchev–Trinajstić information content (AvgIpc) is 2.36. The molecule has 0 spiro atoms. The minimum atomic E-state index is -0.385. The SMILES string of the molecule is CCOC(=O)C1CN(C(=O)OCc2ccccc2)C1. The highest BCUT2D eigenvalue weighted by molar-refractivity contribution is 5.78. The van der Waals surface area contributed by atoms with E-state index in [-0.39, 0.29) is 24.6 Å². The third-order valence-electron chi connectivity index (χ3n) is 2.96. The molecule has 19 heavy (non-hydrogen) atoms. The summed E-state index contributed by atoms with van der Waals surface area (Å²) in [4.78, 5) is 24.6. The predicted octanol–water partition coefficient (Wildman–Crippen LogP) is 1.82. The van der Waals surface area contributed by atoms with Crippen LogP contribution >= 0.6 is 0 Å². The Hall–Kier alpha value is -2.04. The van der Waals surface area contributed by atoms with Crippen LogP contribution in [0.5, 0.6) is 0 Å². The zero-order valence-electron chi connectivity index (χ0n) is 10.9. The molecule has 0 N–H and O–H groups in total. The Morgan fingerprint density at radius 1 is 1.21 bits per heavy atom. The van der Waals surface area contributed by atoms with Gasteiger partial charge in [-0.15, -0.1) is 0 Å². The van der Waals surface area contributed by atoms with E-state index in [1.807, 2.05) is 30.3 Å². The average molecular weight is 263 g/mol. The van der Waals surface area contributed by atoms with Gasteiger partial charge in [0, 0.05) is 13.1 Å². The number of benzene rings is 1. The van der Waals surface area contributed by atoms with Crippen molar-refractivity contribution in [1.29, 1.82) is 0 Å². The van der Waals surface area contributed by atoms with E-state index in [2.05, 4.69) is 0 Å². The summed E-state index contributed by atoms with van der Waals surface area (Å²) in [6, 6.07) is 9.48. The van der Waals surface area contributed by atoms with Gasteiger partial charge in [-0.1, -0.05) is 30.3 Å². The Morgan fingerprint density at radius 3 is 2.53 bits per heavy atom. The number of carbonyl (C=O) groups is 2. The molecule has 0 aliphatic carbocycles. The van der Waals surface area contributed by atoms with E-state index >= 15 is 0 Å². The number of esters is 1. The van der Waals surface area contributed by atoms with Crippen molar-refractivity contribution in [1.82, 2.24) is 4.90 Å². The molecule has 0 radical (unpaired) electrons. The molecule has 1 fully saturated rings. The van der Waals surface area contributed by atoms with Crippen LogP contribution in [0.15, 0.2) is 30.3 Å². The highest BCUT2D eigenvalue weighted by Crippen LogP contribution is 2.18. The molecular weight excluding hydrogens is 246 g/mol. The van der Waals surface area contributed by atoms with E-state index in [4.69, 9.17) is 9.47 Å². The predicted molar refractivity (Wildman–Crippen MR) is 68.3 cm³/mol. The molecule has 0 atom stereocenters. The van der Waals surface area contributed by atoms with Gasteiger partial charge in [-0.05, 0) is 12.5 Å². The lowest BCUT2D eigenvalue weighted by molar-refractivity contribution is -0.152. The number of amides is 1. The Morgan fingerprint density at radius 2 is 1.89 bits per heavy atom. The molecule has 5 heteroatoms. The number of ether oxygens (including phenoxy) is 2. The lowest BCUT2D eigenvalue weighted by Crippen LogP contribution is -2.53. The summed E-state index contributed by atoms with van der Waals surface area (Å²) in [7, 11) is 0. The maximum absolute atomic E-state index is 11.7. The van der Waals surface area contributed by atoms with Gasteiger partial charge in [-0.2, -0.15) is 0 Å². The van der Waals surface area contributed by atoms with Crippen LogP contribution in [0.3, 0.4) is 0 Å². The van der Waals surface area contributed by atoms with Crippen LogP contribution in [0.1, 0.15) is 12.5 Å². The van der Waals surface area contributed by atoms with Gasteiger partial charge < -0.3 is 14.4 Å². The quantitative estimate of drug-likeness (QED) is 0.777. The molecule has 0 unspecified atom stereocenters. The minimum absolute atomic E-state index is 0.204. The van der Waals surface area contributed by atoms with Crippen molar-refractivity contribution in [2.75, 3.05) is 19.7 Å². The fourth-order valence-corrected chi connectivity index (χ4v) is 1.85. The van der Waals surface area contributed by atoms with Crippen molar-refractivity contribution in [3.8, 4) is 0 Å². The van der Waals surface area contributed by atoms with Crippen molar-refractivity contribution in [2.45, 2.75) is 13.5 Å². The zero-order valence-corrected chi connectivity index (χ0v) is 10.9. The van der Waals surface area contributed by atoms with E-state index in [0.717, 1.165) is 5.56 Å². The van der Waals surface area contributed by atoms with E-state index in [0.29, 0.717) is 19.7 Å². The third kappa shape index (κ3) is 3.47. The molecule has 1 amide bonds. The summed E-state index contributed by atoms with van der Waals surface area (Å²) >= 11 is 0. The molecule has 0 bridgehead atoms. The Bertz CT molecular complexity index is 440. The summed E-state index contributed by atoms with van der Waals surface area (Å²) in [5, 5.41) is 0. The fraction of sp³-hybridized carbons (Fsp3) is 0.429. The molecule has 1 aliphatic heterocycles. The maximum Gasteiger partial charge on any atom is 0.410 e. The molecule has 1 saturated heterocycles. The van der Waals surface area contributed by atoms with E-state index in [1.165, 1.54) is 4.90 Å². The van der Waals surface area contributed by atoms with Crippen molar-refractivity contribution in [2.24, 2.45) is 5.92 Å². The first-order chi connectivity index (χ1) is 9.20. The van der Waals surface area contributed by atoms with Crippen LogP contribution in [0, 0.1) is 5.92 Å². The number of nitrogens with zero attached hydrogens (tertiary/aromatic N) is 1. The van der Waals surface area contributed by atoms with Crippen LogP contribution < -0.4 is 0 Å². The number of rotatable bonds is 4. The molecule has 1 aliphatic rings. The first-order valence-electron chi connectivity index (χ1n) is 6.33. The van der Waals surface area contributed by atoms with Crippen LogP contribution in [-0.2, 0) is 20.9 Å². The highest BCUT2D eigenvalue weighted by atomic mass is 16.6. The van der Waals surface area contributed by atoms with Crippen LogP contribution in [0.25, 0.3) is 0 Å². The maximum atomic E-state index is 11.7. The largest absolute Gasteiger partial charge is 0.466 e. The van der Waals surface area contributed by atoms with Gasteiger partial charge in [0.05, 0.1) is 12.5 Å². The van der Waals surface area contributed by atoms with E-state index in [9.17, 15) is 9.59 Å². The Kier molecular flexibility index (Phi) is 4.39. The highest BCUT2D eigenvalue weighted by Gasteiger charge is 2.37. The first-order valence-corrected chi connectivity index (χ1v) is 6.33. The van der Waals surface area contributed by atoms with Gasteiger partial charge in [0.2, 0.25) is 0 Å². The van der Waals surface area contributed by atoms with Crippen molar-refractivity contribution in [3.05, 3.63) is 35.9 Å². The van der Waals surface area contributed by atoms with E-state index < -0.39 is 0 Å². The van der Waals surface area contributed by atoms with Gasteiger partial charge in [0.25, 0.3) is 0 Å². The second-order valence-corrected chi connectivity index (χ2v) is 4.39. The standard InChI is InChI=1S/C14H17NO4/c1-2-18-13(16)12-8-15(9-12)14(17)19-10-11-6-4-3-5-7-11/h3-7,12H,2,8-10H2,1H3. The number of carbonyl (C=O) groups excluding carboxylic acids is 2. The molecule has 2 rings (SSSR count). The molecular formula is C14H17NO4. The molecule has 102 valence electrons. The number of hydrogen-bond acceptors (Lipinski definition) is 4. The number of likely N-dealkylation sites (tertiary alicyclic amines) is 1. The summed E-state index contributed by atoms with van der Waals surface area (Å²) in [5.74, 6) is -0.446. The second kappa shape index (κ2) is 6.22. The van der Waals surface area contributed by atoms with Crippen molar-refractivity contribution < 1.29 is 19.1 Å². The lowest BCUT2D eigenvalue weighted by atomic mass is 10.0. The van der Waals surface area contributed by atoms with Crippen LogP contribution in [0.4, 0.5) is 4.79 Å². The summed E-state index contributed by atoms with van der Waals surface area (Å²) in [5.41, 5.74) is 0.943. The molecule has 5 nitrogen and oxygen atoms in total. The summed E-state index contributed by atoms with van der Waals surface area (Å²) in [6.45, 7) is 3.15. The molecule has 0 aromatic heterocycles. The van der Waals surface area contributed by atoms with Gasteiger partial charge in [0.15, 0.2) is 0 Å². The monoisotopic (exact) mass is 263 g/mol. The lowest BCUT2D eigenvalue weighted by Gasteiger charge is -2.36. The van der Waals surface area contributed by atoms with Crippen LogP contribution in [0.2, 0.25) is 0 Å². The molecule has 1 aromatic rings. The second-order valence-electron chi connectivity index (χ2n) is 4.39. The minimum Gasteiger partial charge on any atom is -0.466 e. The smallest absolute Gasteiger partial charge is 0.410 e. The fourth-order valence-electron chi connectivity index (χ4n) is 1.85. The summed E-state index contributed by atoms with van der Waals surface area (Å²) < 4.78 is 10.0. The normalized spacial score (nSPS) is 14.7. The first kappa shape index (κ1) is 13.4.